The monoisotopic (exact) mass is 237 g/mol. The highest BCUT2D eigenvalue weighted by atomic mass is 32.2. The van der Waals surface area contributed by atoms with Crippen molar-refractivity contribution in [2.24, 2.45) is 10.6 Å². The summed E-state index contributed by atoms with van der Waals surface area (Å²) in [4.78, 5) is 10.9. The highest BCUT2D eigenvalue weighted by Gasteiger charge is 2.21. The van der Waals surface area contributed by atoms with E-state index < -0.39 is 10.0 Å². The van der Waals surface area contributed by atoms with Gasteiger partial charge in [-0.1, -0.05) is 13.8 Å². The van der Waals surface area contributed by atoms with Crippen LogP contribution in [0.25, 0.3) is 0 Å². The van der Waals surface area contributed by atoms with Gasteiger partial charge in [0.15, 0.2) is 0 Å². The fourth-order valence-corrected chi connectivity index (χ4v) is 1.92. The van der Waals surface area contributed by atoms with Crippen LogP contribution in [0.3, 0.4) is 0 Å². The van der Waals surface area contributed by atoms with Gasteiger partial charge in [-0.15, -0.1) is 0 Å². The minimum absolute atomic E-state index is 0.0544. The van der Waals surface area contributed by atoms with Gasteiger partial charge < -0.3 is 4.74 Å². The standard InChI is InChI=1S/C9H19NO4S/c1-9(2,5-4-8(11)14-3)6-7-15(10,12)13/h4-7H2,1-3H3,(H2,10,12,13). The van der Waals surface area contributed by atoms with Crippen molar-refractivity contribution in [2.45, 2.75) is 33.1 Å². The summed E-state index contributed by atoms with van der Waals surface area (Å²) in [6.07, 6.45) is 1.34. The minimum atomic E-state index is -3.42. The number of carbonyl (C=O) groups excluding carboxylic acids is 1. The van der Waals surface area contributed by atoms with E-state index in [1.807, 2.05) is 13.8 Å². The van der Waals surface area contributed by atoms with Crippen LogP contribution in [-0.2, 0) is 19.6 Å². The van der Waals surface area contributed by atoms with Crippen LogP contribution in [0.2, 0.25) is 0 Å². The Morgan fingerprint density at radius 2 is 1.87 bits per heavy atom. The number of esters is 1. The van der Waals surface area contributed by atoms with Crippen molar-refractivity contribution >= 4 is 16.0 Å². The molecule has 15 heavy (non-hydrogen) atoms. The molecule has 0 saturated carbocycles. The Morgan fingerprint density at radius 1 is 1.33 bits per heavy atom. The minimum Gasteiger partial charge on any atom is -0.469 e. The zero-order chi connectivity index (χ0) is 12.1. The van der Waals surface area contributed by atoms with Crippen LogP contribution >= 0.6 is 0 Å². The molecule has 0 aliphatic carbocycles. The van der Waals surface area contributed by atoms with Crippen molar-refractivity contribution in [3.8, 4) is 0 Å². The quantitative estimate of drug-likeness (QED) is 0.687. The van der Waals surface area contributed by atoms with Gasteiger partial charge in [-0.25, -0.2) is 13.6 Å². The Hall–Kier alpha value is -0.620. The lowest BCUT2D eigenvalue weighted by atomic mass is 9.85. The van der Waals surface area contributed by atoms with E-state index in [-0.39, 0.29) is 17.1 Å². The Balaban J connectivity index is 4.02. The number of carbonyl (C=O) groups is 1. The van der Waals surface area contributed by atoms with Gasteiger partial charge in [0.25, 0.3) is 0 Å². The zero-order valence-corrected chi connectivity index (χ0v) is 10.3. The lowest BCUT2D eigenvalue weighted by molar-refractivity contribution is -0.141. The largest absolute Gasteiger partial charge is 0.469 e. The van der Waals surface area contributed by atoms with E-state index in [1.165, 1.54) is 7.11 Å². The predicted molar refractivity (Wildman–Crippen MR) is 57.6 cm³/mol. The molecule has 6 heteroatoms. The molecule has 0 aliphatic rings. The van der Waals surface area contributed by atoms with Crippen LogP contribution < -0.4 is 5.14 Å². The van der Waals surface area contributed by atoms with Gasteiger partial charge in [-0.05, 0) is 18.3 Å². The first-order chi connectivity index (χ1) is 6.66. The highest BCUT2D eigenvalue weighted by molar-refractivity contribution is 7.89. The molecule has 0 amide bonds. The molecule has 0 saturated heterocycles. The molecule has 0 fully saturated rings. The van der Waals surface area contributed by atoms with Gasteiger partial charge in [0.05, 0.1) is 12.9 Å². The Morgan fingerprint density at radius 3 is 2.27 bits per heavy atom. The van der Waals surface area contributed by atoms with Gasteiger partial charge >= 0.3 is 5.97 Å². The van der Waals surface area contributed by atoms with E-state index in [1.54, 1.807) is 0 Å². The third kappa shape index (κ3) is 8.38. The zero-order valence-electron chi connectivity index (χ0n) is 9.45. The summed E-state index contributed by atoms with van der Waals surface area (Å²) in [5.74, 6) is -0.333. The topological polar surface area (TPSA) is 86.5 Å². The van der Waals surface area contributed by atoms with E-state index in [0.29, 0.717) is 19.3 Å². The Kier molecular flexibility index (Phi) is 5.23. The maximum Gasteiger partial charge on any atom is 0.305 e. The SMILES string of the molecule is COC(=O)CCC(C)(C)CCS(N)(=O)=O. The number of hydrogen-bond acceptors (Lipinski definition) is 4. The number of primary sulfonamides is 1. The fraction of sp³-hybridized carbons (Fsp3) is 0.889. The number of rotatable bonds is 6. The van der Waals surface area contributed by atoms with Crippen LogP contribution in [0.15, 0.2) is 0 Å². The van der Waals surface area contributed by atoms with E-state index >= 15 is 0 Å². The van der Waals surface area contributed by atoms with Crippen molar-refractivity contribution in [1.82, 2.24) is 0 Å². The predicted octanol–water partition coefficient (Wildman–Crippen LogP) is 0.644. The average molecular weight is 237 g/mol. The van der Waals surface area contributed by atoms with E-state index in [9.17, 15) is 13.2 Å². The van der Waals surface area contributed by atoms with Crippen LogP contribution in [0.1, 0.15) is 33.1 Å². The number of hydrogen-bond donors (Lipinski definition) is 1. The molecule has 90 valence electrons. The summed E-state index contributed by atoms with van der Waals surface area (Å²) in [7, 11) is -2.08. The van der Waals surface area contributed by atoms with Gasteiger partial charge in [0.2, 0.25) is 10.0 Å². The third-order valence-corrected chi connectivity index (χ3v) is 3.07. The summed E-state index contributed by atoms with van der Waals surface area (Å²) in [5.41, 5.74) is -0.222. The van der Waals surface area contributed by atoms with Gasteiger partial charge in [-0.2, -0.15) is 0 Å². The molecule has 0 aliphatic heterocycles. The number of sulfonamides is 1. The van der Waals surface area contributed by atoms with Crippen LogP contribution in [0.4, 0.5) is 0 Å². The Bertz CT molecular complexity index is 308. The molecule has 2 N–H and O–H groups in total. The smallest absolute Gasteiger partial charge is 0.305 e. The molecule has 0 heterocycles. The van der Waals surface area contributed by atoms with Gasteiger partial charge in [0, 0.05) is 6.42 Å². The number of ether oxygens (including phenoxy) is 1. The van der Waals surface area contributed by atoms with Crippen LogP contribution in [-0.4, -0.2) is 27.2 Å². The molecule has 0 aromatic carbocycles. The van der Waals surface area contributed by atoms with Crippen molar-refractivity contribution in [1.29, 1.82) is 0 Å². The van der Waals surface area contributed by atoms with Gasteiger partial charge in [-0.3, -0.25) is 4.79 Å². The molecule has 0 unspecified atom stereocenters. The molecule has 0 aromatic rings. The second-order valence-electron chi connectivity index (χ2n) is 4.36. The maximum atomic E-state index is 10.9. The maximum absolute atomic E-state index is 10.9. The summed E-state index contributed by atoms with van der Waals surface area (Å²) in [5, 5.41) is 4.91. The fourth-order valence-electron chi connectivity index (χ4n) is 1.09. The molecule has 0 aromatic heterocycles. The van der Waals surface area contributed by atoms with Gasteiger partial charge in [0.1, 0.15) is 0 Å². The molecule has 0 radical (unpaired) electrons. The molecule has 5 nitrogen and oxygen atoms in total. The van der Waals surface area contributed by atoms with E-state index in [4.69, 9.17) is 5.14 Å². The van der Waals surface area contributed by atoms with Crippen molar-refractivity contribution < 1.29 is 17.9 Å². The molecular weight excluding hydrogens is 218 g/mol. The third-order valence-electron chi connectivity index (χ3n) is 2.30. The first-order valence-electron chi connectivity index (χ1n) is 4.73. The van der Waals surface area contributed by atoms with Crippen LogP contribution in [0.5, 0.6) is 0 Å². The summed E-state index contributed by atoms with van der Waals surface area (Å²) >= 11 is 0. The lowest BCUT2D eigenvalue weighted by Gasteiger charge is -2.23. The highest BCUT2D eigenvalue weighted by Crippen LogP contribution is 2.27. The van der Waals surface area contributed by atoms with E-state index in [2.05, 4.69) is 4.74 Å². The number of nitrogens with two attached hydrogens (primary N) is 1. The summed E-state index contributed by atoms with van der Waals surface area (Å²) in [6, 6.07) is 0. The van der Waals surface area contributed by atoms with Crippen molar-refractivity contribution in [2.75, 3.05) is 12.9 Å². The molecule has 0 spiro atoms. The molecule has 0 bridgehead atoms. The van der Waals surface area contributed by atoms with E-state index in [0.717, 1.165) is 0 Å². The first-order valence-corrected chi connectivity index (χ1v) is 6.45. The summed E-state index contributed by atoms with van der Waals surface area (Å²) in [6.45, 7) is 3.81. The van der Waals surface area contributed by atoms with Crippen LogP contribution in [0, 0.1) is 5.41 Å². The summed E-state index contributed by atoms with van der Waals surface area (Å²) < 4.78 is 26.0. The lowest BCUT2D eigenvalue weighted by Crippen LogP contribution is -2.23. The van der Waals surface area contributed by atoms with Crippen molar-refractivity contribution in [3.05, 3.63) is 0 Å². The first kappa shape index (κ1) is 14.4. The molecule has 0 atom stereocenters. The number of methoxy groups -OCH3 is 1. The molecule has 0 rings (SSSR count). The molecular formula is C9H19NO4S. The van der Waals surface area contributed by atoms with Crippen molar-refractivity contribution in [3.63, 3.8) is 0 Å². The second-order valence-corrected chi connectivity index (χ2v) is 6.09. The average Bonchev–Trinajstić information content (AvgIpc) is 2.10. The normalized spacial score (nSPS) is 12.5. The second kappa shape index (κ2) is 5.46. The Labute approximate surface area is 91.0 Å².